The SMILES string of the molecule is [C-]#[N+]c1c(-c2ccc(OC(F)(F)F)cc2)n(CC(=O)NC(C)(C)C)c2ccc(C(C)(C)C(=O)NC(C)(C)C)cc12. The van der Waals surface area contributed by atoms with E-state index in [-0.39, 0.29) is 24.0 Å². The van der Waals surface area contributed by atoms with Crippen molar-refractivity contribution in [2.45, 2.75) is 84.8 Å². The zero-order valence-corrected chi connectivity index (χ0v) is 24.0. The molecule has 0 aliphatic rings. The molecule has 0 unspecified atom stereocenters. The van der Waals surface area contributed by atoms with E-state index < -0.39 is 28.6 Å². The minimum atomic E-state index is -4.84. The third-order valence-corrected chi connectivity index (χ3v) is 6.10. The Kier molecular flexibility index (Phi) is 8.04. The van der Waals surface area contributed by atoms with Gasteiger partial charge >= 0.3 is 6.36 Å². The molecule has 1 heterocycles. The number of carbonyl (C=O) groups excluding carboxylic acids is 2. The van der Waals surface area contributed by atoms with E-state index in [4.69, 9.17) is 6.57 Å². The molecule has 3 aromatic rings. The van der Waals surface area contributed by atoms with Gasteiger partial charge in [0.1, 0.15) is 12.3 Å². The molecule has 0 radical (unpaired) electrons. The molecule has 0 atom stereocenters. The van der Waals surface area contributed by atoms with Crippen molar-refractivity contribution in [1.29, 1.82) is 0 Å². The molecule has 7 nitrogen and oxygen atoms in total. The van der Waals surface area contributed by atoms with Gasteiger partial charge in [-0.05, 0) is 84.7 Å². The van der Waals surface area contributed by atoms with Crippen molar-refractivity contribution in [1.82, 2.24) is 15.2 Å². The number of alkyl halides is 3. The molecule has 40 heavy (non-hydrogen) atoms. The zero-order valence-electron chi connectivity index (χ0n) is 24.0. The Labute approximate surface area is 232 Å². The second-order valence-electron chi connectivity index (χ2n) is 12.3. The molecule has 2 N–H and O–H groups in total. The van der Waals surface area contributed by atoms with Gasteiger partial charge in [-0.1, -0.05) is 24.3 Å². The molecular formula is C30H35F3N4O3. The van der Waals surface area contributed by atoms with Crippen molar-refractivity contribution in [2.24, 2.45) is 0 Å². The average Bonchev–Trinajstić information content (AvgIpc) is 3.08. The summed E-state index contributed by atoms with van der Waals surface area (Å²) in [5.74, 6) is -0.885. The molecule has 10 heteroatoms. The van der Waals surface area contributed by atoms with Gasteiger partial charge in [-0.2, -0.15) is 0 Å². The number of halogens is 3. The first-order chi connectivity index (χ1) is 18.2. The first kappa shape index (κ1) is 30.5. The second-order valence-corrected chi connectivity index (χ2v) is 12.3. The van der Waals surface area contributed by atoms with E-state index in [2.05, 4.69) is 20.2 Å². The molecule has 3 rings (SSSR count). The van der Waals surface area contributed by atoms with Gasteiger partial charge < -0.3 is 19.9 Å². The first-order valence-corrected chi connectivity index (χ1v) is 12.8. The van der Waals surface area contributed by atoms with Crippen LogP contribution in [0.1, 0.15) is 61.0 Å². The van der Waals surface area contributed by atoms with E-state index >= 15 is 0 Å². The number of amides is 2. The Bertz CT molecular complexity index is 1470. The lowest BCUT2D eigenvalue weighted by atomic mass is 9.82. The van der Waals surface area contributed by atoms with Crippen LogP contribution in [0.15, 0.2) is 42.5 Å². The maximum atomic E-state index is 13.2. The monoisotopic (exact) mass is 556 g/mol. The summed E-state index contributed by atoms with van der Waals surface area (Å²) < 4.78 is 43.8. The minimum absolute atomic E-state index is 0.132. The number of nitrogens with zero attached hydrogens (tertiary/aromatic N) is 2. The van der Waals surface area contributed by atoms with Gasteiger partial charge in [0, 0.05) is 22.0 Å². The Morgan fingerprint density at radius 2 is 1.48 bits per heavy atom. The maximum absolute atomic E-state index is 13.2. The lowest BCUT2D eigenvalue weighted by Crippen LogP contribution is -2.48. The number of benzene rings is 2. The van der Waals surface area contributed by atoms with Crippen LogP contribution in [0.5, 0.6) is 5.75 Å². The van der Waals surface area contributed by atoms with E-state index in [1.165, 1.54) is 24.3 Å². The third-order valence-electron chi connectivity index (χ3n) is 6.10. The maximum Gasteiger partial charge on any atom is 0.573 e. The van der Waals surface area contributed by atoms with Crippen LogP contribution >= 0.6 is 0 Å². The Hall–Kier alpha value is -4.00. The van der Waals surface area contributed by atoms with E-state index in [0.29, 0.717) is 27.7 Å². The molecule has 0 saturated heterocycles. The number of nitrogens with one attached hydrogen (secondary N) is 2. The van der Waals surface area contributed by atoms with Crippen molar-refractivity contribution in [3.05, 3.63) is 59.4 Å². The van der Waals surface area contributed by atoms with E-state index in [1.54, 1.807) is 36.6 Å². The fourth-order valence-electron chi connectivity index (χ4n) is 4.34. The molecule has 0 aliphatic heterocycles. The molecule has 0 spiro atoms. The van der Waals surface area contributed by atoms with Crippen LogP contribution in [0.25, 0.3) is 27.0 Å². The number of aromatic nitrogens is 1. The second kappa shape index (κ2) is 10.5. The van der Waals surface area contributed by atoms with Gasteiger partial charge in [-0.15, -0.1) is 13.2 Å². The lowest BCUT2D eigenvalue weighted by molar-refractivity contribution is -0.274. The summed E-state index contributed by atoms with van der Waals surface area (Å²) in [4.78, 5) is 29.9. The van der Waals surface area contributed by atoms with Crippen molar-refractivity contribution in [2.75, 3.05) is 0 Å². The number of hydrogen-bond donors (Lipinski definition) is 2. The lowest BCUT2D eigenvalue weighted by Gasteiger charge is -2.30. The molecule has 0 bridgehead atoms. The molecule has 0 fully saturated rings. The Morgan fingerprint density at radius 3 is 1.98 bits per heavy atom. The highest BCUT2D eigenvalue weighted by atomic mass is 19.4. The number of hydrogen-bond acceptors (Lipinski definition) is 3. The van der Waals surface area contributed by atoms with Gasteiger partial charge in [0.2, 0.25) is 17.5 Å². The van der Waals surface area contributed by atoms with E-state index in [1.807, 2.05) is 41.5 Å². The van der Waals surface area contributed by atoms with Gasteiger partial charge in [-0.3, -0.25) is 9.59 Å². The van der Waals surface area contributed by atoms with Crippen molar-refractivity contribution >= 4 is 28.4 Å². The molecule has 2 amide bonds. The minimum Gasteiger partial charge on any atom is -0.406 e. The molecule has 2 aromatic carbocycles. The van der Waals surface area contributed by atoms with Crippen LogP contribution in [0.2, 0.25) is 0 Å². The largest absolute Gasteiger partial charge is 0.573 e. The summed E-state index contributed by atoms with van der Waals surface area (Å²) in [5.41, 5.74) is 0.393. The van der Waals surface area contributed by atoms with Crippen LogP contribution < -0.4 is 15.4 Å². The molecule has 1 aromatic heterocycles. The summed E-state index contributed by atoms with van der Waals surface area (Å²) >= 11 is 0. The highest BCUT2D eigenvalue weighted by Gasteiger charge is 2.34. The van der Waals surface area contributed by atoms with E-state index in [0.717, 1.165) is 0 Å². The standard InChI is InChI=1S/C30H35F3N4O3/c1-27(2,3)35-23(38)17-37-22-15-12-19(29(7,8)26(39)36-28(4,5)6)16-21(22)24(34-9)25(37)18-10-13-20(14-11-18)40-30(31,32)33/h10-16H,17H2,1-8H3,(H,35,38)(H,36,39). The van der Waals surface area contributed by atoms with Crippen LogP contribution in [0.3, 0.4) is 0 Å². The summed E-state index contributed by atoms with van der Waals surface area (Å²) in [5, 5.41) is 6.43. The van der Waals surface area contributed by atoms with Crippen LogP contribution in [0, 0.1) is 6.57 Å². The van der Waals surface area contributed by atoms with Crippen LogP contribution in [0.4, 0.5) is 18.9 Å². The fraction of sp³-hybridized carbons (Fsp3) is 0.433. The van der Waals surface area contributed by atoms with Gasteiger partial charge in [-0.25, -0.2) is 4.85 Å². The van der Waals surface area contributed by atoms with Crippen molar-refractivity contribution in [3.8, 4) is 17.0 Å². The summed E-state index contributed by atoms with van der Waals surface area (Å²) in [6.45, 7) is 22.7. The average molecular weight is 557 g/mol. The van der Waals surface area contributed by atoms with Gasteiger partial charge in [0.05, 0.1) is 17.7 Å². The normalized spacial score (nSPS) is 12.7. The molecule has 0 aliphatic carbocycles. The number of ether oxygens (including phenoxy) is 1. The Balaban J connectivity index is 2.22. The highest BCUT2D eigenvalue weighted by molar-refractivity contribution is 6.04. The Morgan fingerprint density at radius 1 is 0.900 bits per heavy atom. The predicted molar refractivity (Wildman–Crippen MR) is 149 cm³/mol. The molecule has 0 saturated carbocycles. The molecular weight excluding hydrogens is 521 g/mol. The topological polar surface area (TPSA) is 76.7 Å². The zero-order chi connectivity index (χ0) is 30.3. The quantitative estimate of drug-likeness (QED) is 0.326. The smallest absolute Gasteiger partial charge is 0.406 e. The fourth-order valence-corrected chi connectivity index (χ4v) is 4.34. The summed E-state index contributed by atoms with van der Waals surface area (Å²) in [6.07, 6.45) is -4.84. The van der Waals surface area contributed by atoms with Gasteiger partial charge in [0.15, 0.2) is 0 Å². The van der Waals surface area contributed by atoms with Crippen molar-refractivity contribution in [3.63, 3.8) is 0 Å². The highest BCUT2D eigenvalue weighted by Crippen LogP contribution is 2.42. The van der Waals surface area contributed by atoms with Crippen LogP contribution in [-0.2, 0) is 21.5 Å². The number of fused-ring (bicyclic) bond motifs is 1. The predicted octanol–water partition coefficient (Wildman–Crippen LogP) is 6.86. The van der Waals surface area contributed by atoms with E-state index in [9.17, 15) is 22.8 Å². The first-order valence-electron chi connectivity index (χ1n) is 12.8. The third kappa shape index (κ3) is 7.14. The van der Waals surface area contributed by atoms with Crippen molar-refractivity contribution < 1.29 is 27.5 Å². The number of carbonyl (C=O) groups is 2. The summed E-state index contributed by atoms with van der Waals surface area (Å²) in [7, 11) is 0. The molecule has 214 valence electrons. The number of rotatable bonds is 6. The van der Waals surface area contributed by atoms with Crippen LogP contribution in [-0.4, -0.2) is 33.8 Å². The summed E-state index contributed by atoms with van der Waals surface area (Å²) in [6, 6.07) is 10.5. The van der Waals surface area contributed by atoms with Gasteiger partial charge in [0.25, 0.3) is 0 Å².